The lowest BCUT2D eigenvalue weighted by atomic mass is 9.96. The Kier molecular flexibility index (Phi) is 4.59. The number of nitrogens with zero attached hydrogens (tertiary/aromatic N) is 3. The zero-order valence-electron chi connectivity index (χ0n) is 15.0. The number of sulfonamides is 1. The van der Waals surface area contributed by atoms with Crippen LogP contribution in [0.1, 0.15) is 32.1 Å². The summed E-state index contributed by atoms with van der Waals surface area (Å²) < 4.78 is 27.3. The van der Waals surface area contributed by atoms with E-state index in [0.29, 0.717) is 31.7 Å². The van der Waals surface area contributed by atoms with Crippen LogP contribution in [0.5, 0.6) is 0 Å². The van der Waals surface area contributed by atoms with Crippen molar-refractivity contribution < 1.29 is 23.1 Å². The van der Waals surface area contributed by atoms with Gasteiger partial charge in [-0.15, -0.1) is 0 Å². The van der Waals surface area contributed by atoms with Crippen LogP contribution in [0.3, 0.4) is 0 Å². The van der Waals surface area contributed by atoms with Gasteiger partial charge in [0.15, 0.2) is 0 Å². The molecular formula is C18H23N3O5S. The molecule has 0 aromatic heterocycles. The van der Waals surface area contributed by atoms with Crippen LogP contribution < -0.4 is 9.80 Å². The highest BCUT2D eigenvalue weighted by atomic mass is 32.2. The first-order valence-electron chi connectivity index (χ1n) is 9.33. The SMILES string of the molecule is O=C(O)CN1C(=O)[C@@H]2CCCCN2c2ccc(S(=O)(=O)N3CCCC3)cc21. The molecule has 1 amide bonds. The molecule has 3 aliphatic rings. The molecule has 1 N–H and O–H groups in total. The summed E-state index contributed by atoms with van der Waals surface area (Å²) in [6.45, 7) is 1.22. The Morgan fingerprint density at radius 1 is 1.07 bits per heavy atom. The maximum atomic E-state index is 12.9. The molecule has 1 aromatic carbocycles. The van der Waals surface area contributed by atoms with E-state index >= 15 is 0 Å². The Balaban J connectivity index is 1.80. The van der Waals surface area contributed by atoms with Crippen molar-refractivity contribution in [2.45, 2.75) is 43.0 Å². The van der Waals surface area contributed by atoms with E-state index in [4.69, 9.17) is 0 Å². The van der Waals surface area contributed by atoms with E-state index in [9.17, 15) is 23.1 Å². The van der Waals surface area contributed by atoms with Crippen molar-refractivity contribution in [1.82, 2.24) is 4.31 Å². The molecule has 2 saturated heterocycles. The fraction of sp³-hybridized carbons (Fsp3) is 0.556. The van der Waals surface area contributed by atoms with Gasteiger partial charge in [0.25, 0.3) is 0 Å². The monoisotopic (exact) mass is 393 g/mol. The number of hydrogen-bond acceptors (Lipinski definition) is 5. The number of rotatable bonds is 4. The predicted molar refractivity (Wildman–Crippen MR) is 99.4 cm³/mol. The minimum absolute atomic E-state index is 0.113. The number of piperidine rings is 1. The van der Waals surface area contributed by atoms with E-state index in [0.717, 1.165) is 31.4 Å². The molecule has 8 nitrogen and oxygen atoms in total. The predicted octanol–water partition coefficient (Wildman–Crippen LogP) is 1.26. The van der Waals surface area contributed by atoms with Crippen molar-refractivity contribution in [3.8, 4) is 0 Å². The van der Waals surface area contributed by atoms with Gasteiger partial charge in [0.05, 0.1) is 16.3 Å². The molecule has 3 aliphatic heterocycles. The summed E-state index contributed by atoms with van der Waals surface area (Å²) in [5, 5.41) is 9.27. The largest absolute Gasteiger partial charge is 0.480 e. The number of hydrogen-bond donors (Lipinski definition) is 1. The lowest BCUT2D eigenvalue weighted by Crippen LogP contribution is -2.56. The number of aliphatic carboxylic acids is 1. The Hall–Kier alpha value is -2.13. The third kappa shape index (κ3) is 3.08. The maximum absolute atomic E-state index is 12.9. The van der Waals surface area contributed by atoms with Crippen LogP contribution in [0.2, 0.25) is 0 Å². The van der Waals surface area contributed by atoms with Gasteiger partial charge >= 0.3 is 5.97 Å². The summed E-state index contributed by atoms with van der Waals surface area (Å²) in [4.78, 5) is 27.6. The molecule has 27 heavy (non-hydrogen) atoms. The zero-order chi connectivity index (χ0) is 19.2. The molecule has 0 unspecified atom stereocenters. The molecule has 3 heterocycles. The standard InChI is InChI=1S/C18H23N3O5S/c22-17(23)12-21-16-11-13(27(25,26)19-8-3-4-9-19)6-7-14(16)20-10-2-1-5-15(20)18(21)24/h6-7,11,15H,1-5,8-10,12H2,(H,22,23)/t15-/m0/s1. The summed E-state index contributed by atoms with van der Waals surface area (Å²) in [6.07, 6.45) is 4.23. The Bertz CT molecular complexity index is 879. The molecule has 2 fully saturated rings. The zero-order valence-corrected chi connectivity index (χ0v) is 15.8. The molecule has 4 rings (SSSR count). The minimum atomic E-state index is -3.64. The second-order valence-electron chi connectivity index (χ2n) is 7.28. The Morgan fingerprint density at radius 2 is 1.78 bits per heavy atom. The van der Waals surface area contributed by atoms with Gasteiger partial charge in [-0.3, -0.25) is 14.5 Å². The molecule has 0 aliphatic carbocycles. The van der Waals surface area contributed by atoms with Crippen LogP contribution in [0.4, 0.5) is 11.4 Å². The smallest absolute Gasteiger partial charge is 0.323 e. The minimum Gasteiger partial charge on any atom is -0.480 e. The summed E-state index contributed by atoms with van der Waals surface area (Å²) in [5.74, 6) is -1.38. The van der Waals surface area contributed by atoms with Gasteiger partial charge in [-0.2, -0.15) is 4.31 Å². The quantitative estimate of drug-likeness (QED) is 0.827. The number of anilines is 2. The summed E-state index contributed by atoms with van der Waals surface area (Å²) in [5.41, 5.74) is 1.11. The average molecular weight is 393 g/mol. The van der Waals surface area contributed by atoms with Crippen molar-refractivity contribution in [2.75, 3.05) is 36.0 Å². The van der Waals surface area contributed by atoms with E-state index in [-0.39, 0.29) is 16.8 Å². The van der Waals surface area contributed by atoms with E-state index < -0.39 is 22.5 Å². The van der Waals surface area contributed by atoms with Crippen molar-refractivity contribution in [1.29, 1.82) is 0 Å². The average Bonchev–Trinajstić information content (AvgIpc) is 3.20. The second-order valence-corrected chi connectivity index (χ2v) is 9.22. The summed E-state index contributed by atoms with van der Waals surface area (Å²) in [6, 6.07) is 4.39. The van der Waals surface area contributed by atoms with Gasteiger partial charge in [0, 0.05) is 19.6 Å². The van der Waals surface area contributed by atoms with E-state index in [2.05, 4.69) is 0 Å². The third-order valence-corrected chi connectivity index (χ3v) is 7.49. The van der Waals surface area contributed by atoms with Crippen molar-refractivity contribution in [3.05, 3.63) is 18.2 Å². The van der Waals surface area contributed by atoms with Crippen LogP contribution in [0.15, 0.2) is 23.1 Å². The number of carboxylic acids is 1. The van der Waals surface area contributed by atoms with E-state index in [1.54, 1.807) is 12.1 Å². The van der Waals surface area contributed by atoms with Crippen LogP contribution >= 0.6 is 0 Å². The first-order valence-corrected chi connectivity index (χ1v) is 10.8. The van der Waals surface area contributed by atoms with E-state index in [1.165, 1.54) is 15.3 Å². The molecule has 146 valence electrons. The van der Waals surface area contributed by atoms with Crippen LogP contribution in [-0.2, 0) is 19.6 Å². The molecule has 0 bridgehead atoms. The van der Waals surface area contributed by atoms with Crippen molar-refractivity contribution in [3.63, 3.8) is 0 Å². The Labute approximate surface area is 158 Å². The van der Waals surface area contributed by atoms with Crippen molar-refractivity contribution >= 4 is 33.3 Å². The van der Waals surface area contributed by atoms with Gasteiger partial charge in [0.1, 0.15) is 12.6 Å². The number of carboxylic acid groups (broad SMARTS) is 1. The van der Waals surface area contributed by atoms with Crippen LogP contribution in [0.25, 0.3) is 0 Å². The fourth-order valence-corrected chi connectivity index (χ4v) is 5.81. The lowest BCUT2D eigenvalue weighted by molar-refractivity contribution is -0.137. The highest BCUT2D eigenvalue weighted by Crippen LogP contribution is 2.41. The van der Waals surface area contributed by atoms with Gasteiger partial charge in [-0.05, 0) is 50.3 Å². The molecule has 1 atom stereocenters. The highest BCUT2D eigenvalue weighted by Gasteiger charge is 2.41. The molecule has 1 aromatic rings. The normalized spacial score (nSPS) is 23.3. The molecule has 0 radical (unpaired) electrons. The summed E-state index contributed by atoms with van der Waals surface area (Å²) >= 11 is 0. The first kappa shape index (κ1) is 18.2. The number of amides is 1. The molecular weight excluding hydrogens is 370 g/mol. The van der Waals surface area contributed by atoms with Gasteiger partial charge < -0.3 is 10.0 Å². The topological polar surface area (TPSA) is 98.2 Å². The summed E-state index contributed by atoms with van der Waals surface area (Å²) in [7, 11) is -3.64. The second kappa shape index (κ2) is 6.79. The molecule has 0 spiro atoms. The lowest BCUT2D eigenvalue weighted by Gasteiger charge is -2.45. The molecule has 0 saturated carbocycles. The first-order chi connectivity index (χ1) is 12.9. The number of carbonyl (C=O) groups is 2. The van der Waals surface area contributed by atoms with Gasteiger partial charge in [-0.25, -0.2) is 8.42 Å². The maximum Gasteiger partial charge on any atom is 0.323 e. The molecule has 9 heteroatoms. The van der Waals surface area contributed by atoms with Crippen LogP contribution in [-0.4, -0.2) is 61.9 Å². The van der Waals surface area contributed by atoms with Gasteiger partial charge in [-0.1, -0.05) is 0 Å². The third-order valence-electron chi connectivity index (χ3n) is 5.60. The fourth-order valence-electron chi connectivity index (χ4n) is 4.27. The number of fused-ring (bicyclic) bond motifs is 3. The highest BCUT2D eigenvalue weighted by molar-refractivity contribution is 7.89. The van der Waals surface area contributed by atoms with Gasteiger partial charge in [0.2, 0.25) is 15.9 Å². The Morgan fingerprint density at radius 3 is 2.48 bits per heavy atom. The van der Waals surface area contributed by atoms with Crippen LogP contribution in [0, 0.1) is 0 Å². The number of benzene rings is 1. The van der Waals surface area contributed by atoms with E-state index in [1.807, 2.05) is 4.90 Å². The van der Waals surface area contributed by atoms with Crippen molar-refractivity contribution in [2.24, 2.45) is 0 Å². The number of carbonyl (C=O) groups excluding carboxylic acids is 1.